The lowest BCUT2D eigenvalue weighted by molar-refractivity contribution is -0.120. The molecule has 1 N–H and O–H groups in total. The number of nitriles is 1. The van der Waals surface area contributed by atoms with Gasteiger partial charge in [0.25, 0.3) is 0 Å². The fourth-order valence-corrected chi connectivity index (χ4v) is 3.79. The zero-order chi connectivity index (χ0) is 18.1. The van der Waals surface area contributed by atoms with E-state index in [1.807, 2.05) is 18.2 Å². The summed E-state index contributed by atoms with van der Waals surface area (Å²) in [6.45, 7) is 1.30. The van der Waals surface area contributed by atoms with E-state index < -0.39 is 0 Å². The first-order valence-electron chi connectivity index (χ1n) is 8.17. The minimum Gasteiger partial charge on any atom is -0.497 e. The van der Waals surface area contributed by atoms with Crippen LogP contribution in [0, 0.1) is 17.2 Å². The molecular weight excluding hydrogens is 348 g/mol. The molecule has 1 aromatic heterocycles. The van der Waals surface area contributed by atoms with Crippen LogP contribution in [0.2, 0.25) is 0 Å². The highest BCUT2D eigenvalue weighted by Crippen LogP contribution is 2.34. The molecule has 2 heterocycles. The van der Waals surface area contributed by atoms with Gasteiger partial charge in [-0.25, -0.2) is 4.98 Å². The molecule has 1 saturated heterocycles. The van der Waals surface area contributed by atoms with Gasteiger partial charge in [0.2, 0.25) is 5.91 Å². The minimum atomic E-state index is -0.0628. The third-order valence-electron chi connectivity index (χ3n) is 4.39. The van der Waals surface area contributed by atoms with Gasteiger partial charge in [-0.15, -0.1) is 0 Å². The van der Waals surface area contributed by atoms with Gasteiger partial charge < -0.3 is 15.0 Å². The third-order valence-corrected chi connectivity index (χ3v) is 5.49. The maximum Gasteiger partial charge on any atom is 0.231 e. The Morgan fingerprint density at radius 2 is 2.08 bits per heavy atom. The van der Waals surface area contributed by atoms with Crippen molar-refractivity contribution in [1.82, 2.24) is 4.98 Å². The number of amides is 1. The molecule has 0 bridgehead atoms. The summed E-state index contributed by atoms with van der Waals surface area (Å²) in [7, 11) is 1.64. The van der Waals surface area contributed by atoms with E-state index in [2.05, 4.69) is 21.3 Å². The van der Waals surface area contributed by atoms with Crippen LogP contribution in [0.15, 0.2) is 42.5 Å². The fraction of sp³-hybridized carbons (Fsp3) is 0.211. The van der Waals surface area contributed by atoms with Gasteiger partial charge in [-0.2, -0.15) is 5.26 Å². The van der Waals surface area contributed by atoms with E-state index in [-0.39, 0.29) is 11.8 Å². The van der Waals surface area contributed by atoms with Crippen LogP contribution >= 0.6 is 11.3 Å². The van der Waals surface area contributed by atoms with Crippen molar-refractivity contribution in [2.75, 3.05) is 30.4 Å². The van der Waals surface area contributed by atoms with Gasteiger partial charge in [0, 0.05) is 24.8 Å². The quantitative estimate of drug-likeness (QED) is 0.769. The Morgan fingerprint density at radius 1 is 1.31 bits per heavy atom. The molecule has 0 unspecified atom stereocenters. The molecule has 6 nitrogen and oxygen atoms in total. The Kier molecular flexibility index (Phi) is 4.19. The van der Waals surface area contributed by atoms with Crippen molar-refractivity contribution in [2.24, 2.45) is 5.92 Å². The van der Waals surface area contributed by atoms with Gasteiger partial charge in [-0.1, -0.05) is 11.3 Å². The zero-order valence-corrected chi connectivity index (χ0v) is 14.9. The number of rotatable bonds is 4. The van der Waals surface area contributed by atoms with Crippen LogP contribution in [0.5, 0.6) is 5.75 Å². The van der Waals surface area contributed by atoms with Crippen molar-refractivity contribution in [3.05, 3.63) is 48.0 Å². The number of carbonyl (C=O) groups excluding carboxylic acids is 1. The van der Waals surface area contributed by atoms with E-state index >= 15 is 0 Å². The Balaban J connectivity index is 1.38. The number of hydrogen-bond donors (Lipinski definition) is 1. The van der Waals surface area contributed by atoms with E-state index in [1.165, 1.54) is 0 Å². The second kappa shape index (κ2) is 6.65. The van der Waals surface area contributed by atoms with Crippen LogP contribution in [0.4, 0.5) is 10.8 Å². The van der Waals surface area contributed by atoms with Crippen molar-refractivity contribution < 1.29 is 9.53 Å². The maximum atomic E-state index is 12.3. The number of fused-ring (bicyclic) bond motifs is 1. The van der Waals surface area contributed by atoms with Crippen molar-refractivity contribution in [3.63, 3.8) is 0 Å². The predicted octanol–water partition coefficient (Wildman–Crippen LogP) is 3.25. The Morgan fingerprint density at radius 3 is 2.77 bits per heavy atom. The van der Waals surface area contributed by atoms with Gasteiger partial charge in [0.1, 0.15) is 5.75 Å². The first-order valence-corrected chi connectivity index (χ1v) is 8.98. The first-order chi connectivity index (χ1) is 12.7. The fourth-order valence-electron chi connectivity index (χ4n) is 2.83. The summed E-state index contributed by atoms with van der Waals surface area (Å²) >= 11 is 1.62. The average Bonchev–Trinajstić information content (AvgIpc) is 3.03. The van der Waals surface area contributed by atoms with E-state index in [9.17, 15) is 4.79 Å². The van der Waals surface area contributed by atoms with E-state index in [0.717, 1.165) is 21.1 Å². The highest BCUT2D eigenvalue weighted by Gasteiger charge is 2.34. The lowest BCUT2D eigenvalue weighted by Gasteiger charge is -2.37. The number of aromatic nitrogens is 1. The summed E-state index contributed by atoms with van der Waals surface area (Å²) in [5, 5.41) is 12.6. The molecule has 0 atom stereocenters. The van der Waals surface area contributed by atoms with E-state index in [1.54, 1.807) is 42.7 Å². The number of thiazole rings is 1. The van der Waals surface area contributed by atoms with Gasteiger partial charge in [0.15, 0.2) is 5.13 Å². The molecule has 1 fully saturated rings. The molecule has 1 aliphatic rings. The number of hydrogen-bond acceptors (Lipinski definition) is 6. The normalized spacial score (nSPS) is 13.9. The Labute approximate surface area is 154 Å². The Hall–Kier alpha value is -3.11. The minimum absolute atomic E-state index is 0.00580. The number of methoxy groups -OCH3 is 1. The number of benzene rings is 2. The van der Waals surface area contributed by atoms with Crippen LogP contribution < -0.4 is 15.0 Å². The van der Waals surface area contributed by atoms with Crippen LogP contribution in [-0.2, 0) is 4.79 Å². The van der Waals surface area contributed by atoms with Gasteiger partial charge in [-0.3, -0.25) is 4.79 Å². The highest BCUT2D eigenvalue weighted by atomic mass is 32.1. The number of nitrogens with one attached hydrogen (secondary N) is 1. The van der Waals surface area contributed by atoms with Gasteiger partial charge >= 0.3 is 0 Å². The van der Waals surface area contributed by atoms with Crippen LogP contribution in [0.25, 0.3) is 10.2 Å². The molecular formula is C19H16N4O2S. The van der Waals surface area contributed by atoms with Crippen molar-refractivity contribution >= 4 is 38.3 Å². The predicted molar refractivity (Wildman–Crippen MR) is 102 cm³/mol. The number of anilines is 2. The zero-order valence-electron chi connectivity index (χ0n) is 14.1. The average molecular weight is 364 g/mol. The number of ether oxygens (including phenoxy) is 1. The summed E-state index contributed by atoms with van der Waals surface area (Å²) in [6, 6.07) is 14.8. The summed E-state index contributed by atoms with van der Waals surface area (Å²) in [5.41, 5.74) is 2.19. The molecule has 0 spiro atoms. The molecule has 0 aliphatic carbocycles. The number of carbonyl (C=O) groups is 1. The van der Waals surface area contributed by atoms with Crippen LogP contribution in [-0.4, -0.2) is 31.1 Å². The molecule has 3 aromatic rings. The standard InChI is InChI=1S/C19H16N4O2S/c1-25-15-6-7-17-16(8-15)22-19(26-17)23-10-13(11-23)18(24)21-14-4-2-12(9-20)3-5-14/h2-8,13H,10-11H2,1H3,(H,21,24). The molecule has 130 valence electrons. The van der Waals surface area contributed by atoms with Crippen LogP contribution in [0.1, 0.15) is 5.56 Å². The lowest BCUT2D eigenvalue weighted by atomic mass is 10.00. The summed E-state index contributed by atoms with van der Waals surface area (Å²) in [6.07, 6.45) is 0. The molecule has 0 saturated carbocycles. The van der Waals surface area contributed by atoms with E-state index in [4.69, 9.17) is 10.00 Å². The van der Waals surface area contributed by atoms with Gasteiger partial charge in [-0.05, 0) is 36.4 Å². The molecule has 0 radical (unpaired) electrons. The third kappa shape index (κ3) is 3.07. The van der Waals surface area contributed by atoms with E-state index in [0.29, 0.717) is 24.3 Å². The summed E-state index contributed by atoms with van der Waals surface area (Å²) < 4.78 is 6.34. The largest absolute Gasteiger partial charge is 0.497 e. The van der Waals surface area contributed by atoms with Crippen molar-refractivity contribution in [2.45, 2.75) is 0 Å². The Bertz CT molecular complexity index is 1000. The molecule has 7 heteroatoms. The topological polar surface area (TPSA) is 78.2 Å². The highest BCUT2D eigenvalue weighted by molar-refractivity contribution is 7.22. The SMILES string of the molecule is COc1ccc2sc(N3CC(C(=O)Nc4ccc(C#N)cc4)C3)nc2c1. The molecule has 26 heavy (non-hydrogen) atoms. The maximum absolute atomic E-state index is 12.3. The first kappa shape index (κ1) is 16.4. The second-order valence-electron chi connectivity index (χ2n) is 6.11. The molecule has 1 aliphatic heterocycles. The summed E-state index contributed by atoms with van der Waals surface area (Å²) in [5.74, 6) is 0.721. The summed E-state index contributed by atoms with van der Waals surface area (Å²) in [4.78, 5) is 19.1. The smallest absolute Gasteiger partial charge is 0.231 e. The second-order valence-corrected chi connectivity index (χ2v) is 7.12. The molecule has 2 aromatic carbocycles. The molecule has 1 amide bonds. The van der Waals surface area contributed by atoms with Crippen molar-refractivity contribution in [3.8, 4) is 11.8 Å². The number of nitrogens with zero attached hydrogens (tertiary/aromatic N) is 3. The van der Waals surface area contributed by atoms with Crippen LogP contribution in [0.3, 0.4) is 0 Å². The van der Waals surface area contributed by atoms with Crippen molar-refractivity contribution in [1.29, 1.82) is 5.26 Å². The monoisotopic (exact) mass is 364 g/mol. The van der Waals surface area contributed by atoms with Gasteiger partial charge in [0.05, 0.1) is 34.9 Å². The molecule has 4 rings (SSSR count). The lowest BCUT2D eigenvalue weighted by Crippen LogP contribution is -2.52.